The molecule has 0 radical (unpaired) electrons. The first-order valence-electron chi connectivity index (χ1n) is 11.7. The van der Waals surface area contributed by atoms with Gasteiger partial charge in [0.05, 0.1) is 17.4 Å². The predicted molar refractivity (Wildman–Crippen MR) is 129 cm³/mol. The summed E-state index contributed by atoms with van der Waals surface area (Å²) >= 11 is 0. The van der Waals surface area contributed by atoms with Crippen LogP contribution in [0.1, 0.15) is 61.3 Å². The second-order valence-corrected chi connectivity index (χ2v) is 8.77. The zero-order chi connectivity index (χ0) is 20.9. The van der Waals surface area contributed by atoms with Crippen LogP contribution in [0.2, 0.25) is 0 Å². The predicted octanol–water partition coefficient (Wildman–Crippen LogP) is 6.46. The third-order valence-electron chi connectivity index (χ3n) is 6.60. The van der Waals surface area contributed by atoms with Crippen molar-refractivity contribution in [3.05, 3.63) is 102 Å². The maximum absolute atomic E-state index is 5.07. The van der Waals surface area contributed by atoms with Crippen LogP contribution in [0.25, 0.3) is 0 Å². The Balaban J connectivity index is 1.35. The fourth-order valence-electron chi connectivity index (χ4n) is 4.82. The Kier molecular flexibility index (Phi) is 6.13. The second-order valence-electron chi connectivity index (χ2n) is 8.77. The smallest absolute Gasteiger partial charge is 0.0831 e. The summed E-state index contributed by atoms with van der Waals surface area (Å²) in [5, 5.41) is 11.0. The molecule has 0 bridgehead atoms. The van der Waals surface area contributed by atoms with Crippen LogP contribution >= 0.6 is 0 Å². The van der Waals surface area contributed by atoms with Gasteiger partial charge in [0.1, 0.15) is 0 Å². The Labute approximate surface area is 185 Å². The van der Waals surface area contributed by atoms with Crippen LogP contribution in [0, 0.1) is 0 Å². The first kappa shape index (κ1) is 20.0. The molecule has 3 nitrogen and oxygen atoms in total. The molecule has 0 saturated heterocycles. The molecule has 0 spiro atoms. The summed E-state index contributed by atoms with van der Waals surface area (Å²) < 4.78 is 0. The van der Waals surface area contributed by atoms with Gasteiger partial charge in [-0.15, -0.1) is 0 Å². The number of hydrogen-bond donors (Lipinski definition) is 1. The summed E-state index contributed by atoms with van der Waals surface area (Å²) in [4.78, 5) is 0. The molecule has 1 saturated carbocycles. The quantitative estimate of drug-likeness (QED) is 0.505. The van der Waals surface area contributed by atoms with E-state index in [4.69, 9.17) is 5.10 Å². The van der Waals surface area contributed by atoms with Crippen LogP contribution in [0.4, 0.5) is 5.69 Å². The van der Waals surface area contributed by atoms with E-state index < -0.39 is 0 Å². The molecule has 158 valence electrons. The molecule has 0 aromatic heterocycles. The molecule has 5 rings (SSSR count). The van der Waals surface area contributed by atoms with Gasteiger partial charge < -0.3 is 5.32 Å². The van der Waals surface area contributed by atoms with Gasteiger partial charge in [-0.05, 0) is 41.7 Å². The van der Waals surface area contributed by atoms with E-state index >= 15 is 0 Å². The summed E-state index contributed by atoms with van der Waals surface area (Å²) in [6.45, 7) is 0.950. The van der Waals surface area contributed by atoms with Crippen LogP contribution < -0.4 is 10.3 Å². The largest absolute Gasteiger partial charge is 0.310 e. The number of nitrogens with one attached hydrogen (secondary N) is 1. The number of nitrogens with zero attached hydrogens (tertiary/aromatic N) is 2. The Morgan fingerprint density at radius 1 is 0.774 bits per heavy atom. The molecule has 31 heavy (non-hydrogen) atoms. The van der Waals surface area contributed by atoms with Crippen molar-refractivity contribution in [3.8, 4) is 0 Å². The fraction of sp³-hybridized carbons (Fsp3) is 0.321. The van der Waals surface area contributed by atoms with Gasteiger partial charge in [0.15, 0.2) is 0 Å². The zero-order valence-electron chi connectivity index (χ0n) is 18.1. The van der Waals surface area contributed by atoms with Crippen LogP contribution in [-0.4, -0.2) is 11.8 Å². The molecule has 1 heterocycles. The Morgan fingerprint density at radius 2 is 1.45 bits per heavy atom. The zero-order valence-corrected chi connectivity index (χ0v) is 18.1. The van der Waals surface area contributed by atoms with E-state index in [-0.39, 0.29) is 6.04 Å². The topological polar surface area (TPSA) is 27.6 Å². The summed E-state index contributed by atoms with van der Waals surface area (Å²) in [6.07, 6.45) is 7.70. The fourth-order valence-corrected chi connectivity index (χ4v) is 4.82. The first-order chi connectivity index (χ1) is 15.4. The van der Waals surface area contributed by atoms with Crippen molar-refractivity contribution in [2.24, 2.45) is 5.10 Å². The second kappa shape index (κ2) is 9.49. The van der Waals surface area contributed by atoms with Crippen LogP contribution in [0.5, 0.6) is 0 Å². The van der Waals surface area contributed by atoms with Gasteiger partial charge in [-0.1, -0.05) is 92.1 Å². The summed E-state index contributed by atoms with van der Waals surface area (Å²) in [5.74, 6) is 0. The molecule has 3 heteroatoms. The van der Waals surface area contributed by atoms with Crippen molar-refractivity contribution in [3.63, 3.8) is 0 Å². The van der Waals surface area contributed by atoms with Crippen molar-refractivity contribution in [1.29, 1.82) is 0 Å². The van der Waals surface area contributed by atoms with E-state index in [1.165, 1.54) is 48.8 Å². The molecular formula is C28H31N3. The molecule has 1 unspecified atom stereocenters. The molecule has 1 aliphatic heterocycles. The average Bonchev–Trinajstić information content (AvgIpc) is 3.30. The lowest BCUT2D eigenvalue weighted by Gasteiger charge is -2.25. The summed E-state index contributed by atoms with van der Waals surface area (Å²) in [7, 11) is 0. The maximum Gasteiger partial charge on any atom is 0.0831 e. The number of hydrazone groups is 1. The van der Waals surface area contributed by atoms with E-state index in [0.29, 0.717) is 6.04 Å². The number of benzene rings is 3. The Bertz CT molecular complexity index is 989. The number of anilines is 1. The lowest BCUT2D eigenvalue weighted by atomic mass is 9.95. The first-order valence-corrected chi connectivity index (χ1v) is 11.7. The molecule has 1 atom stereocenters. The Morgan fingerprint density at radius 3 is 2.16 bits per heavy atom. The van der Waals surface area contributed by atoms with Crippen molar-refractivity contribution in [2.45, 2.75) is 57.2 Å². The molecule has 1 N–H and O–H groups in total. The standard InChI is InChI=1S/C28H31N3/c1-4-10-23(11-5-1)27-20-28(24-12-6-2-7-13-24)31(30-27)26-18-16-22(17-19-26)21-29-25-14-8-3-9-15-25/h1-2,4-7,10-13,16-19,25,28-29H,3,8-9,14-15,20-21H2. The normalized spacial score (nSPS) is 19.4. The van der Waals surface area contributed by atoms with E-state index in [9.17, 15) is 0 Å². The summed E-state index contributed by atoms with van der Waals surface area (Å²) in [5.41, 5.74) is 6.16. The van der Waals surface area contributed by atoms with Gasteiger partial charge in [0.2, 0.25) is 0 Å². The van der Waals surface area contributed by atoms with Crippen LogP contribution in [0.3, 0.4) is 0 Å². The van der Waals surface area contributed by atoms with Crippen molar-refractivity contribution in [1.82, 2.24) is 5.32 Å². The molecule has 0 amide bonds. The number of hydrogen-bond acceptors (Lipinski definition) is 3. The molecule has 2 aliphatic rings. The highest BCUT2D eigenvalue weighted by atomic mass is 15.5. The van der Waals surface area contributed by atoms with Crippen molar-refractivity contribution >= 4 is 11.4 Å². The van der Waals surface area contributed by atoms with Crippen LogP contribution in [-0.2, 0) is 6.54 Å². The SMILES string of the molecule is c1ccc(C2=NN(c3ccc(CNC4CCCCC4)cc3)C(c3ccccc3)C2)cc1. The van der Waals surface area contributed by atoms with E-state index in [1.54, 1.807) is 0 Å². The highest BCUT2D eigenvalue weighted by molar-refractivity contribution is 6.03. The van der Waals surface area contributed by atoms with E-state index in [1.807, 2.05) is 0 Å². The monoisotopic (exact) mass is 409 g/mol. The highest BCUT2D eigenvalue weighted by Crippen LogP contribution is 2.36. The van der Waals surface area contributed by atoms with Gasteiger partial charge in [-0.25, -0.2) is 0 Å². The van der Waals surface area contributed by atoms with Gasteiger partial charge in [-0.2, -0.15) is 5.10 Å². The van der Waals surface area contributed by atoms with Gasteiger partial charge >= 0.3 is 0 Å². The van der Waals surface area contributed by atoms with E-state index in [2.05, 4.69) is 95.3 Å². The highest BCUT2D eigenvalue weighted by Gasteiger charge is 2.29. The summed E-state index contributed by atoms with van der Waals surface area (Å²) in [6, 6.07) is 31.2. The third-order valence-corrected chi connectivity index (χ3v) is 6.60. The Hall–Kier alpha value is -2.91. The lowest BCUT2D eigenvalue weighted by Crippen LogP contribution is -2.30. The third kappa shape index (κ3) is 4.72. The molecule has 1 aliphatic carbocycles. The van der Waals surface area contributed by atoms with Gasteiger partial charge in [-0.3, -0.25) is 5.01 Å². The van der Waals surface area contributed by atoms with Crippen LogP contribution in [0.15, 0.2) is 90.0 Å². The lowest BCUT2D eigenvalue weighted by molar-refractivity contribution is 0.372. The van der Waals surface area contributed by atoms with Gasteiger partial charge in [0, 0.05) is 19.0 Å². The number of rotatable bonds is 6. The average molecular weight is 410 g/mol. The molecule has 1 fully saturated rings. The minimum atomic E-state index is 0.225. The molecular weight excluding hydrogens is 378 g/mol. The molecule has 3 aromatic carbocycles. The van der Waals surface area contributed by atoms with E-state index in [0.717, 1.165) is 24.4 Å². The minimum Gasteiger partial charge on any atom is -0.310 e. The maximum atomic E-state index is 5.07. The van der Waals surface area contributed by atoms with Crippen molar-refractivity contribution < 1.29 is 0 Å². The minimum absolute atomic E-state index is 0.225. The van der Waals surface area contributed by atoms with Gasteiger partial charge in [0.25, 0.3) is 0 Å². The van der Waals surface area contributed by atoms with Crippen molar-refractivity contribution in [2.75, 3.05) is 5.01 Å². The molecule has 3 aromatic rings.